The number of hydrogen-bond donors (Lipinski definition) is 5. The molecule has 17 heteroatoms. The minimum absolute atomic E-state index is 0.0391. The second-order valence-corrected chi connectivity index (χ2v) is 16.1. The molecule has 0 bridgehead atoms. The highest BCUT2D eigenvalue weighted by atomic mass is 16.6. The summed E-state index contributed by atoms with van der Waals surface area (Å²) in [5, 5.41) is 50.9. The number of fused-ring (bicyclic) bond motifs is 6. The predicted molar refractivity (Wildman–Crippen MR) is 233 cm³/mol. The molecule has 1 amide bonds. The van der Waals surface area contributed by atoms with Crippen LogP contribution in [0.2, 0.25) is 0 Å². The Morgan fingerprint density at radius 1 is 1.00 bits per heavy atom. The number of nitrogens with one attached hydrogen (secondary N) is 1. The predicted octanol–water partition coefficient (Wildman–Crippen LogP) is 5.87. The van der Waals surface area contributed by atoms with Crippen molar-refractivity contribution in [1.82, 2.24) is 28.9 Å². The van der Waals surface area contributed by atoms with Gasteiger partial charge in [-0.05, 0) is 84.5 Å². The van der Waals surface area contributed by atoms with E-state index in [0.717, 1.165) is 27.4 Å². The molecule has 3 aromatic carbocycles. The second kappa shape index (κ2) is 15.6. The van der Waals surface area contributed by atoms with E-state index in [9.17, 15) is 39.6 Å². The van der Waals surface area contributed by atoms with Gasteiger partial charge in [-0.15, -0.1) is 0 Å². The first kappa shape index (κ1) is 41.1. The van der Waals surface area contributed by atoms with Crippen molar-refractivity contribution in [3.05, 3.63) is 116 Å². The van der Waals surface area contributed by atoms with Gasteiger partial charge in [-0.2, -0.15) is 5.10 Å². The van der Waals surface area contributed by atoms with Gasteiger partial charge in [0.15, 0.2) is 11.4 Å². The molecule has 4 aromatic heterocycles. The van der Waals surface area contributed by atoms with Gasteiger partial charge in [-0.1, -0.05) is 27.7 Å². The molecular weight excluding hydrogens is 811 g/mol. The Morgan fingerprint density at radius 3 is 2.56 bits per heavy atom. The number of pyridine rings is 2. The van der Waals surface area contributed by atoms with Gasteiger partial charge in [0, 0.05) is 51.9 Å². The number of hydrogen-bond acceptors (Lipinski definition) is 11. The Hall–Kier alpha value is -7.24. The van der Waals surface area contributed by atoms with E-state index in [4.69, 9.17) is 14.5 Å². The second-order valence-electron chi connectivity index (χ2n) is 16.1. The molecule has 0 fully saturated rings. The van der Waals surface area contributed by atoms with Crippen LogP contribution in [0.5, 0.6) is 11.5 Å². The van der Waals surface area contributed by atoms with E-state index in [1.807, 2.05) is 49.7 Å². The first-order valence-corrected chi connectivity index (χ1v) is 20.8. The number of aromatic amines is 1. The maximum atomic E-state index is 13.7. The number of cyclic esters (lactones) is 1. The highest BCUT2D eigenvalue weighted by Gasteiger charge is 2.45. The Bertz CT molecular complexity index is 3140. The summed E-state index contributed by atoms with van der Waals surface area (Å²) >= 11 is 0. The number of aliphatic hydroxyl groups is 1. The topological polar surface area (TPSA) is 227 Å². The minimum atomic E-state index is -1.94. The van der Waals surface area contributed by atoms with E-state index in [2.05, 4.69) is 10.2 Å². The van der Waals surface area contributed by atoms with E-state index >= 15 is 0 Å². The van der Waals surface area contributed by atoms with Crippen LogP contribution < -0.4 is 16.1 Å². The number of phenols is 2. The van der Waals surface area contributed by atoms with Gasteiger partial charge in [-0.3, -0.25) is 9.69 Å². The lowest BCUT2D eigenvalue weighted by atomic mass is 9.86. The minimum Gasteiger partial charge on any atom is -0.508 e. The number of esters is 1. The van der Waals surface area contributed by atoms with Crippen LogP contribution in [0.3, 0.4) is 0 Å². The van der Waals surface area contributed by atoms with Crippen molar-refractivity contribution in [1.29, 1.82) is 0 Å². The SMILES string of the molecule is CCc1c2c(nc3ccc(N(CCOCCn4ccc5cc(-n6c(-c7cc(C(C)C)c(O)cc7O)n[nH]c6=O)ccc54)C(=O)O)cc13)-c1cc3c(c(=O)n1C2)COC(=O)C3(O)CC. The third kappa shape index (κ3) is 6.71. The molecule has 5 N–H and O–H groups in total. The van der Waals surface area contributed by atoms with Gasteiger partial charge in [0.1, 0.15) is 18.1 Å². The summed E-state index contributed by atoms with van der Waals surface area (Å²) in [6.45, 7) is 8.41. The molecule has 63 heavy (non-hydrogen) atoms. The fraction of sp³-hybridized carbons (Fsp3) is 0.304. The number of carbonyl (C=O) groups is 2. The zero-order valence-electron chi connectivity index (χ0n) is 35.0. The van der Waals surface area contributed by atoms with Crippen LogP contribution in [-0.4, -0.2) is 81.1 Å². The quantitative estimate of drug-likeness (QED) is 0.0718. The number of H-pyrrole nitrogens is 1. The number of aromatic nitrogens is 6. The smallest absolute Gasteiger partial charge is 0.411 e. The maximum Gasteiger partial charge on any atom is 0.411 e. The number of carbonyl (C=O) groups excluding carboxylic acids is 1. The number of benzene rings is 3. The molecule has 0 aliphatic carbocycles. The van der Waals surface area contributed by atoms with Gasteiger partial charge >= 0.3 is 17.8 Å². The highest BCUT2D eigenvalue weighted by Crippen LogP contribution is 2.41. The number of carboxylic acid groups (broad SMARTS) is 1. The van der Waals surface area contributed by atoms with Crippen LogP contribution in [-0.2, 0) is 46.0 Å². The molecule has 1 atom stereocenters. The Morgan fingerprint density at radius 2 is 1.81 bits per heavy atom. The van der Waals surface area contributed by atoms with Gasteiger partial charge in [0.05, 0.1) is 60.0 Å². The fourth-order valence-corrected chi connectivity index (χ4v) is 8.95. The van der Waals surface area contributed by atoms with Crippen molar-refractivity contribution in [3.63, 3.8) is 0 Å². The first-order chi connectivity index (χ1) is 30.2. The molecule has 7 aromatic rings. The standard InChI is InChI=1S/C46H45N7O10/c1-5-28-30-18-26(7-9-35(30)47-40-32(28)22-52-37(40)20-34-33(42(52)56)23-63-43(57)46(34,61)6-2)51(45(59)60)14-16-62-15-13-50-12-11-25-17-27(8-10-36(25)50)53-41(48-49-44(53)58)31-19-29(24(3)4)38(54)21-39(31)55/h7-12,17-21,24,54-55,61H,5-6,13-16,22-23H2,1-4H3,(H,49,58)(H,59,60). The van der Waals surface area contributed by atoms with Crippen LogP contribution in [0.4, 0.5) is 10.5 Å². The zero-order chi connectivity index (χ0) is 44.5. The highest BCUT2D eigenvalue weighted by molar-refractivity contribution is 5.95. The number of rotatable bonds is 12. The summed E-state index contributed by atoms with van der Waals surface area (Å²) < 4.78 is 16.1. The van der Waals surface area contributed by atoms with E-state index in [1.165, 1.54) is 15.5 Å². The molecule has 6 heterocycles. The Kier molecular flexibility index (Phi) is 10.2. The zero-order valence-corrected chi connectivity index (χ0v) is 35.0. The Labute approximate surface area is 359 Å². The molecule has 9 rings (SSSR count). The summed E-state index contributed by atoms with van der Waals surface area (Å²) in [5.74, 6) is -0.890. The molecule has 1 unspecified atom stereocenters. The Balaban J connectivity index is 0.899. The van der Waals surface area contributed by atoms with Crippen molar-refractivity contribution in [3.8, 4) is 40.0 Å². The number of ether oxygens (including phenoxy) is 2. The molecule has 0 saturated heterocycles. The summed E-state index contributed by atoms with van der Waals surface area (Å²) in [6, 6.07) is 17.2. The third-order valence-electron chi connectivity index (χ3n) is 12.3. The molecule has 2 aliphatic heterocycles. The van der Waals surface area contributed by atoms with Gasteiger partial charge < -0.3 is 39.0 Å². The normalized spacial score (nSPS) is 15.5. The van der Waals surface area contributed by atoms with Crippen molar-refractivity contribution >= 4 is 39.6 Å². The number of aryl methyl sites for hydroxylation is 1. The van der Waals surface area contributed by atoms with Gasteiger partial charge in [0.25, 0.3) is 5.56 Å². The average Bonchev–Trinajstić information content (AvgIpc) is 3.97. The first-order valence-electron chi connectivity index (χ1n) is 20.8. The monoisotopic (exact) mass is 855 g/mol. The third-order valence-corrected chi connectivity index (χ3v) is 12.3. The van der Waals surface area contributed by atoms with Crippen molar-refractivity contribution in [2.45, 2.75) is 71.8 Å². The van der Waals surface area contributed by atoms with E-state index in [1.54, 1.807) is 47.9 Å². The molecule has 2 aliphatic rings. The number of anilines is 1. The number of nitrogens with zero attached hydrogens (tertiary/aromatic N) is 6. The van der Waals surface area contributed by atoms with Gasteiger partial charge in [0.2, 0.25) is 0 Å². The lowest BCUT2D eigenvalue weighted by Crippen LogP contribution is -2.44. The summed E-state index contributed by atoms with van der Waals surface area (Å²) in [7, 11) is 0. The molecular formula is C46H45N7O10. The summed E-state index contributed by atoms with van der Waals surface area (Å²) in [4.78, 5) is 58.1. The number of aromatic hydroxyl groups is 2. The fourth-order valence-electron chi connectivity index (χ4n) is 8.95. The van der Waals surface area contributed by atoms with Gasteiger partial charge in [-0.25, -0.2) is 29.0 Å². The summed E-state index contributed by atoms with van der Waals surface area (Å²) in [6.07, 6.45) is 1.36. The van der Waals surface area contributed by atoms with E-state index in [-0.39, 0.29) is 79.3 Å². The van der Waals surface area contributed by atoms with Crippen LogP contribution >= 0.6 is 0 Å². The lowest BCUT2D eigenvalue weighted by molar-refractivity contribution is -0.172. The van der Waals surface area contributed by atoms with Crippen molar-refractivity contribution < 1.29 is 39.5 Å². The lowest BCUT2D eigenvalue weighted by Gasteiger charge is -2.31. The molecule has 324 valence electrons. The molecule has 0 radical (unpaired) electrons. The summed E-state index contributed by atoms with van der Waals surface area (Å²) in [5.41, 5.74) is 3.88. The van der Waals surface area contributed by atoms with Crippen LogP contribution in [0.1, 0.15) is 67.9 Å². The molecule has 17 nitrogen and oxygen atoms in total. The van der Waals surface area contributed by atoms with Crippen LogP contribution in [0.15, 0.2) is 76.4 Å². The maximum absolute atomic E-state index is 13.7. The van der Waals surface area contributed by atoms with Crippen molar-refractivity contribution in [2.75, 3.05) is 24.7 Å². The van der Waals surface area contributed by atoms with E-state index in [0.29, 0.717) is 52.4 Å². The van der Waals surface area contributed by atoms with E-state index < -0.39 is 23.4 Å². The van der Waals surface area contributed by atoms with Crippen LogP contribution in [0, 0.1) is 0 Å². The van der Waals surface area contributed by atoms with Crippen molar-refractivity contribution in [2.24, 2.45) is 0 Å². The average molecular weight is 856 g/mol. The largest absolute Gasteiger partial charge is 0.508 e. The number of amides is 1. The van der Waals surface area contributed by atoms with Crippen LogP contribution in [0.25, 0.3) is 50.3 Å². The number of phenolic OH excluding ortho intramolecular Hbond substituents is 2. The molecule has 0 spiro atoms. The molecule has 0 saturated carbocycles.